The van der Waals surface area contributed by atoms with E-state index in [1.807, 2.05) is 43.5 Å². The van der Waals surface area contributed by atoms with E-state index >= 15 is 0 Å². The molecule has 0 bridgehead atoms. The van der Waals surface area contributed by atoms with E-state index in [2.05, 4.69) is 5.10 Å². The lowest BCUT2D eigenvalue weighted by molar-refractivity contribution is 0.290. The lowest BCUT2D eigenvalue weighted by Gasteiger charge is -2.04. The molecule has 3 aromatic rings. The molecule has 0 spiro atoms. The van der Waals surface area contributed by atoms with E-state index in [1.54, 1.807) is 16.8 Å². The Balaban J connectivity index is 1.77. The number of rotatable bonds is 4. The predicted octanol–water partition coefficient (Wildman–Crippen LogP) is 3.90. The van der Waals surface area contributed by atoms with Crippen molar-refractivity contribution in [3.8, 4) is 11.6 Å². The zero-order valence-corrected chi connectivity index (χ0v) is 11.7. The van der Waals surface area contributed by atoms with E-state index in [0.717, 1.165) is 16.8 Å². The van der Waals surface area contributed by atoms with Crippen LogP contribution in [0.2, 0.25) is 0 Å². The van der Waals surface area contributed by atoms with Gasteiger partial charge in [0.1, 0.15) is 12.4 Å². The Kier molecular flexibility index (Phi) is 3.69. The van der Waals surface area contributed by atoms with Crippen molar-refractivity contribution < 1.29 is 9.13 Å². The lowest BCUT2D eigenvalue weighted by Crippen LogP contribution is -1.98. The first kappa shape index (κ1) is 13.4. The fourth-order valence-corrected chi connectivity index (χ4v) is 2.04. The van der Waals surface area contributed by atoms with E-state index in [9.17, 15) is 4.39 Å². The van der Waals surface area contributed by atoms with Gasteiger partial charge in [-0.1, -0.05) is 30.3 Å². The van der Waals surface area contributed by atoms with Gasteiger partial charge < -0.3 is 4.74 Å². The number of aryl methyl sites for hydroxylation is 1. The first-order chi connectivity index (χ1) is 10.2. The Bertz CT molecular complexity index is 720. The van der Waals surface area contributed by atoms with Gasteiger partial charge in [-0.05, 0) is 36.8 Å². The highest BCUT2D eigenvalue weighted by Crippen LogP contribution is 2.19. The van der Waals surface area contributed by atoms with Crippen molar-refractivity contribution in [1.29, 1.82) is 0 Å². The van der Waals surface area contributed by atoms with Crippen molar-refractivity contribution in [2.24, 2.45) is 0 Å². The zero-order valence-electron chi connectivity index (χ0n) is 11.7. The second-order valence-corrected chi connectivity index (χ2v) is 4.81. The molecule has 3 nitrogen and oxygen atoms in total. The zero-order chi connectivity index (χ0) is 14.7. The SMILES string of the molecule is Cc1cn(-c2ccc(F)cc2)nc1OCc1ccccc1. The Hall–Kier alpha value is -2.62. The summed E-state index contributed by atoms with van der Waals surface area (Å²) >= 11 is 0. The summed E-state index contributed by atoms with van der Waals surface area (Å²) in [6.45, 7) is 2.41. The molecule has 1 aromatic heterocycles. The third-order valence-corrected chi connectivity index (χ3v) is 3.16. The first-order valence-corrected chi connectivity index (χ1v) is 6.71. The number of aromatic nitrogens is 2. The van der Waals surface area contributed by atoms with Crippen LogP contribution in [-0.4, -0.2) is 9.78 Å². The first-order valence-electron chi connectivity index (χ1n) is 6.71. The third-order valence-electron chi connectivity index (χ3n) is 3.16. The summed E-state index contributed by atoms with van der Waals surface area (Å²) in [5, 5.41) is 4.40. The van der Waals surface area contributed by atoms with Crippen LogP contribution in [0.1, 0.15) is 11.1 Å². The summed E-state index contributed by atoms with van der Waals surface area (Å²) in [5.74, 6) is 0.325. The van der Waals surface area contributed by atoms with Crippen LogP contribution in [-0.2, 0) is 6.61 Å². The molecule has 0 aliphatic rings. The summed E-state index contributed by atoms with van der Waals surface area (Å²) in [4.78, 5) is 0. The standard InChI is InChI=1S/C17H15FN2O/c1-13-11-20(16-9-7-15(18)8-10-16)19-17(13)21-12-14-5-3-2-4-6-14/h2-11H,12H2,1H3. The highest BCUT2D eigenvalue weighted by atomic mass is 19.1. The van der Waals surface area contributed by atoms with E-state index in [0.29, 0.717) is 12.5 Å². The average molecular weight is 282 g/mol. The maximum absolute atomic E-state index is 12.9. The lowest BCUT2D eigenvalue weighted by atomic mass is 10.2. The molecule has 0 unspecified atom stereocenters. The Labute approximate surface area is 122 Å². The maximum Gasteiger partial charge on any atom is 0.236 e. The van der Waals surface area contributed by atoms with Crippen LogP contribution in [0.25, 0.3) is 5.69 Å². The molecule has 21 heavy (non-hydrogen) atoms. The molecule has 0 fully saturated rings. The minimum atomic E-state index is -0.261. The molecule has 0 atom stereocenters. The van der Waals surface area contributed by atoms with Gasteiger partial charge in [-0.25, -0.2) is 9.07 Å². The van der Waals surface area contributed by atoms with Crippen LogP contribution in [0.4, 0.5) is 4.39 Å². The van der Waals surface area contributed by atoms with Gasteiger partial charge in [0.05, 0.1) is 5.69 Å². The van der Waals surface area contributed by atoms with Gasteiger partial charge in [0.2, 0.25) is 5.88 Å². The highest BCUT2D eigenvalue weighted by molar-refractivity contribution is 5.34. The molecular formula is C17H15FN2O. The largest absolute Gasteiger partial charge is 0.472 e. The quantitative estimate of drug-likeness (QED) is 0.725. The summed E-state index contributed by atoms with van der Waals surface area (Å²) < 4.78 is 20.4. The Morgan fingerprint density at radius 3 is 2.48 bits per heavy atom. The van der Waals surface area contributed by atoms with Crippen molar-refractivity contribution in [3.63, 3.8) is 0 Å². The second kappa shape index (κ2) is 5.79. The third kappa shape index (κ3) is 3.11. The van der Waals surface area contributed by atoms with Crippen LogP contribution >= 0.6 is 0 Å². The predicted molar refractivity (Wildman–Crippen MR) is 79.0 cm³/mol. The molecule has 3 rings (SSSR count). The monoisotopic (exact) mass is 282 g/mol. The van der Waals surface area contributed by atoms with Crippen molar-refractivity contribution in [1.82, 2.24) is 9.78 Å². The molecule has 0 N–H and O–H groups in total. The van der Waals surface area contributed by atoms with Gasteiger partial charge in [0.25, 0.3) is 0 Å². The molecule has 0 saturated heterocycles. The Morgan fingerprint density at radius 2 is 1.76 bits per heavy atom. The maximum atomic E-state index is 12.9. The van der Waals surface area contributed by atoms with Gasteiger partial charge in [0.15, 0.2) is 0 Å². The molecule has 1 heterocycles. The van der Waals surface area contributed by atoms with E-state index in [1.165, 1.54) is 12.1 Å². The minimum Gasteiger partial charge on any atom is -0.472 e. The summed E-state index contributed by atoms with van der Waals surface area (Å²) in [6.07, 6.45) is 1.87. The normalized spacial score (nSPS) is 10.6. The smallest absolute Gasteiger partial charge is 0.236 e. The van der Waals surface area contributed by atoms with Crippen molar-refractivity contribution in [2.75, 3.05) is 0 Å². The number of benzene rings is 2. The molecular weight excluding hydrogens is 267 g/mol. The number of ether oxygens (including phenoxy) is 1. The van der Waals surface area contributed by atoms with Gasteiger partial charge in [-0.15, -0.1) is 5.10 Å². The van der Waals surface area contributed by atoms with Gasteiger partial charge in [0, 0.05) is 11.8 Å². The minimum absolute atomic E-state index is 0.261. The van der Waals surface area contributed by atoms with Crippen molar-refractivity contribution in [2.45, 2.75) is 13.5 Å². The second-order valence-electron chi connectivity index (χ2n) is 4.81. The van der Waals surface area contributed by atoms with Crippen LogP contribution in [0.15, 0.2) is 60.8 Å². The van der Waals surface area contributed by atoms with Crippen LogP contribution in [0, 0.1) is 12.7 Å². The topological polar surface area (TPSA) is 27.1 Å². The molecule has 4 heteroatoms. The van der Waals surface area contributed by atoms with Crippen LogP contribution in [0.3, 0.4) is 0 Å². The van der Waals surface area contributed by atoms with Crippen LogP contribution < -0.4 is 4.74 Å². The highest BCUT2D eigenvalue weighted by Gasteiger charge is 2.08. The molecule has 0 radical (unpaired) electrons. The molecule has 106 valence electrons. The van der Waals surface area contributed by atoms with Crippen molar-refractivity contribution >= 4 is 0 Å². The fourth-order valence-electron chi connectivity index (χ4n) is 2.04. The molecule has 0 saturated carbocycles. The van der Waals surface area contributed by atoms with E-state index < -0.39 is 0 Å². The molecule has 0 aliphatic carbocycles. The van der Waals surface area contributed by atoms with Gasteiger partial charge in [-0.2, -0.15) is 0 Å². The van der Waals surface area contributed by atoms with Crippen molar-refractivity contribution in [3.05, 3.63) is 77.7 Å². The summed E-state index contributed by atoms with van der Waals surface area (Å²) in [6, 6.07) is 16.1. The summed E-state index contributed by atoms with van der Waals surface area (Å²) in [5.41, 5.74) is 2.83. The molecule has 2 aromatic carbocycles. The molecule has 0 aliphatic heterocycles. The number of hydrogen-bond donors (Lipinski definition) is 0. The number of nitrogens with zero attached hydrogens (tertiary/aromatic N) is 2. The van der Waals surface area contributed by atoms with Crippen LogP contribution in [0.5, 0.6) is 5.88 Å². The van der Waals surface area contributed by atoms with Gasteiger partial charge >= 0.3 is 0 Å². The van der Waals surface area contributed by atoms with E-state index in [4.69, 9.17) is 4.74 Å². The number of hydrogen-bond acceptors (Lipinski definition) is 2. The fraction of sp³-hybridized carbons (Fsp3) is 0.118. The Morgan fingerprint density at radius 1 is 1.05 bits per heavy atom. The van der Waals surface area contributed by atoms with E-state index in [-0.39, 0.29) is 5.82 Å². The van der Waals surface area contributed by atoms with Gasteiger partial charge in [-0.3, -0.25) is 0 Å². The average Bonchev–Trinajstić information content (AvgIpc) is 2.88. The number of halogens is 1. The molecule has 0 amide bonds. The summed E-state index contributed by atoms with van der Waals surface area (Å²) in [7, 11) is 0.